The third-order valence-electron chi connectivity index (χ3n) is 7.91. The van der Waals surface area contributed by atoms with Gasteiger partial charge in [-0.05, 0) is 48.5 Å². The van der Waals surface area contributed by atoms with Gasteiger partial charge in [0.2, 0.25) is 0 Å². The summed E-state index contributed by atoms with van der Waals surface area (Å²) in [5, 5.41) is 12.8. The van der Waals surface area contributed by atoms with Gasteiger partial charge in [-0.1, -0.05) is 107 Å². The summed E-state index contributed by atoms with van der Waals surface area (Å²) in [6, 6.07) is 37.9. The molecular weight excluding hydrogens is 1120 g/mol. The molecule has 0 bridgehead atoms. The molecule has 0 spiro atoms. The van der Waals surface area contributed by atoms with Crippen LogP contribution in [0.1, 0.15) is 5.82 Å². The Morgan fingerprint density at radius 2 is 0.838 bits per heavy atom. The van der Waals surface area contributed by atoms with Crippen LogP contribution in [0, 0.1) is 0 Å². The molecule has 10 aromatic rings. The summed E-state index contributed by atoms with van der Waals surface area (Å²) in [5.41, 5.74) is 7.46. The smallest absolute Gasteiger partial charge is 0.340 e. The van der Waals surface area contributed by atoms with E-state index >= 15 is 0 Å². The first-order chi connectivity index (χ1) is 30.9. The van der Waals surface area contributed by atoms with E-state index in [0.717, 1.165) is 71.9 Å². The van der Waals surface area contributed by atoms with Crippen molar-refractivity contribution in [3.8, 4) is 11.4 Å². The first kappa shape index (κ1) is 55.2. The van der Waals surface area contributed by atoms with E-state index < -0.39 is 19.9 Å². The van der Waals surface area contributed by atoms with Crippen molar-refractivity contribution in [2.24, 2.45) is 0 Å². The van der Waals surface area contributed by atoms with Gasteiger partial charge in [0.1, 0.15) is 18.1 Å². The van der Waals surface area contributed by atoms with E-state index in [1.165, 1.54) is 0 Å². The molecule has 0 aliphatic rings. The molecule has 10 rings (SSSR count). The minimum absolute atomic E-state index is 0. The van der Waals surface area contributed by atoms with Gasteiger partial charge in [-0.2, -0.15) is 0 Å². The van der Waals surface area contributed by atoms with Crippen LogP contribution in [-0.4, -0.2) is 54.2 Å². The molecule has 0 amide bonds. The molecule has 0 atom stereocenters. The molecule has 1 N–H and O–H groups in total. The third kappa shape index (κ3) is 21.3. The van der Waals surface area contributed by atoms with Crippen LogP contribution in [0.5, 0.6) is 0 Å². The monoisotopic (exact) mass is 1150 g/mol. The molecule has 0 saturated carbocycles. The summed E-state index contributed by atoms with van der Waals surface area (Å²) in [4.78, 5) is 29.5. The van der Waals surface area contributed by atoms with Gasteiger partial charge >= 0.3 is 85.5 Å². The topological polar surface area (TPSA) is 124 Å². The average Bonchev–Trinajstić information content (AvgIpc) is 3.89. The zero-order chi connectivity index (χ0) is 49.2. The van der Waals surface area contributed by atoms with Crippen molar-refractivity contribution in [1.29, 1.82) is 0 Å². The van der Waals surface area contributed by atoms with Gasteiger partial charge in [-0.3, -0.25) is 24.9 Å². The number of para-hydroxylation sites is 2. The number of benzene rings is 3. The molecule has 0 unspecified atom stereocenters. The second-order valence-corrected chi connectivity index (χ2v) is 19.1. The van der Waals surface area contributed by atoms with Gasteiger partial charge in [0.25, 0.3) is 0 Å². The Morgan fingerprint density at radius 3 is 1.21 bits per heavy atom. The number of aromatic amines is 1. The Bertz CT molecular complexity index is 2940. The van der Waals surface area contributed by atoms with E-state index in [0.29, 0.717) is 6.54 Å². The number of alkyl halides is 3. The van der Waals surface area contributed by atoms with E-state index in [9.17, 15) is 50.4 Å². The SMILES string of the molecule is ClC(Cl)Cl.F[P-](F)(F)(F)(F)F.F[P-](F)(F)(F)(F)F.[Ru+2].c1ccc(-c2cn(Cc3nc4ccccc4[nH]3)nn2)nc1.c1cnc2c(c1)ccc1cccnc12.c1cnc2c(c1)ccc1cccnc12. The van der Waals surface area contributed by atoms with Crippen molar-refractivity contribution in [3.63, 3.8) is 0 Å². The van der Waals surface area contributed by atoms with E-state index in [-0.39, 0.29) is 19.5 Å². The fraction of sp³-hybridized carbons (Fsp3) is 0.0500. The van der Waals surface area contributed by atoms with E-state index in [4.69, 9.17) is 34.8 Å². The second kappa shape index (κ2) is 20.7. The van der Waals surface area contributed by atoms with Crippen LogP contribution >= 0.6 is 50.4 Å². The van der Waals surface area contributed by atoms with Crippen molar-refractivity contribution in [3.05, 3.63) is 158 Å². The molecular formula is C40H29Cl3F12N10P2Ru. The minimum Gasteiger partial charge on any atom is -0.340 e. The number of hydrogen-bond donors (Lipinski definition) is 1. The molecule has 0 saturated heterocycles. The maximum absolute atomic E-state index is 10.7. The Balaban J connectivity index is 0.000000191. The van der Waals surface area contributed by atoms with E-state index in [1.54, 1.807) is 35.7 Å². The molecule has 0 radical (unpaired) electrons. The zero-order valence-electron chi connectivity index (χ0n) is 33.7. The molecule has 68 heavy (non-hydrogen) atoms. The first-order valence-electron chi connectivity index (χ1n) is 18.4. The predicted molar refractivity (Wildman–Crippen MR) is 241 cm³/mol. The Labute approximate surface area is 403 Å². The molecule has 3 aromatic carbocycles. The van der Waals surface area contributed by atoms with Gasteiger partial charge in [-0.15, -0.1) is 5.10 Å². The number of nitrogens with one attached hydrogen (secondary N) is 1. The fourth-order valence-corrected chi connectivity index (χ4v) is 5.60. The predicted octanol–water partition coefficient (Wildman–Crippen LogP) is 16.6. The number of imidazole rings is 1. The summed E-state index contributed by atoms with van der Waals surface area (Å²) in [6.07, 6.45) is 10.8. The molecule has 0 fully saturated rings. The van der Waals surface area contributed by atoms with Gasteiger partial charge in [0.05, 0.1) is 45.0 Å². The Morgan fingerprint density at radius 1 is 0.471 bits per heavy atom. The first-order valence-corrected chi connectivity index (χ1v) is 23.8. The van der Waals surface area contributed by atoms with Gasteiger partial charge in [0.15, 0.2) is 4.30 Å². The largest absolute Gasteiger partial charge is 2.00 e. The number of pyridine rings is 5. The number of H-pyrrole nitrogens is 1. The Kier molecular flexibility index (Phi) is 16.8. The quantitative estimate of drug-likeness (QED) is 0.0610. The van der Waals surface area contributed by atoms with Gasteiger partial charge in [0, 0.05) is 52.5 Å². The summed E-state index contributed by atoms with van der Waals surface area (Å²) < 4.78 is 119. The van der Waals surface area contributed by atoms with Crippen LogP contribution in [0.15, 0.2) is 152 Å². The number of nitrogens with zero attached hydrogens (tertiary/aromatic N) is 9. The number of hydrogen-bond acceptors (Lipinski definition) is 8. The molecule has 7 aromatic heterocycles. The van der Waals surface area contributed by atoms with Gasteiger partial charge in [-0.25, -0.2) is 9.67 Å². The summed E-state index contributed by atoms with van der Waals surface area (Å²) in [5.74, 6) is 0.855. The van der Waals surface area contributed by atoms with Crippen molar-refractivity contribution in [2.75, 3.05) is 0 Å². The number of aromatic nitrogens is 10. The van der Waals surface area contributed by atoms with Gasteiger partial charge < -0.3 is 4.98 Å². The van der Waals surface area contributed by atoms with Crippen LogP contribution in [-0.2, 0) is 26.0 Å². The molecule has 10 nitrogen and oxygen atoms in total. The van der Waals surface area contributed by atoms with Crippen LogP contribution < -0.4 is 0 Å². The van der Waals surface area contributed by atoms with Crippen LogP contribution in [0.2, 0.25) is 0 Å². The number of fused-ring (bicyclic) bond motifs is 7. The van der Waals surface area contributed by atoms with Crippen LogP contribution in [0.25, 0.3) is 66.0 Å². The maximum atomic E-state index is 9.87. The molecule has 0 aliphatic carbocycles. The average molecular weight is 1150 g/mol. The van der Waals surface area contributed by atoms with Crippen molar-refractivity contribution in [1.82, 2.24) is 49.9 Å². The summed E-state index contributed by atoms with van der Waals surface area (Å²) >= 11 is 14.4. The molecule has 0 aliphatic heterocycles. The Hall–Kier alpha value is -5.43. The molecule has 28 heteroatoms. The zero-order valence-corrected chi connectivity index (χ0v) is 39.5. The standard InChI is InChI=1S/C15H12N6.2C12H8N2.CHCl3.2F6P.Ru/c1-2-7-13-12(6-1)17-15(18-13)10-21-9-14(19-20-21)11-5-3-4-8-16-11;2*1-3-9-5-6-10-4-2-8-14-12(10)11(9)13-7-1;2-1(3)4;2*1-7(2,3,4,5)6;/h1-9H,10H2,(H,17,18);2*1-8H;1H;;;/q;;;;2*-1;+2. The van der Waals surface area contributed by atoms with E-state index in [2.05, 4.69) is 93.7 Å². The maximum Gasteiger partial charge on any atom is 2.00 e. The van der Waals surface area contributed by atoms with E-state index in [1.807, 2.05) is 72.9 Å². The fourth-order valence-electron chi connectivity index (χ4n) is 5.60. The second-order valence-electron chi connectivity index (χ2n) is 13.3. The normalized spacial score (nSPS) is 13.2. The summed E-state index contributed by atoms with van der Waals surface area (Å²) in [7, 11) is -21.3. The molecule has 362 valence electrons. The van der Waals surface area contributed by atoms with Crippen molar-refractivity contribution in [2.45, 2.75) is 10.8 Å². The molecule has 7 heterocycles. The number of halogens is 15. The third-order valence-corrected chi connectivity index (χ3v) is 7.91. The number of rotatable bonds is 3. The van der Waals surface area contributed by atoms with Crippen molar-refractivity contribution >= 4 is 105 Å². The minimum atomic E-state index is -10.7. The summed E-state index contributed by atoms with van der Waals surface area (Å²) in [6.45, 7) is 0.550. The van der Waals surface area contributed by atoms with Crippen LogP contribution in [0.3, 0.4) is 0 Å². The van der Waals surface area contributed by atoms with Crippen molar-refractivity contribution < 1.29 is 69.8 Å². The van der Waals surface area contributed by atoms with Crippen LogP contribution in [0.4, 0.5) is 50.4 Å².